The zero-order valence-corrected chi connectivity index (χ0v) is 14.0. The molecular weight excluding hydrogens is 304 g/mol. The van der Waals surface area contributed by atoms with Crippen LogP contribution in [-0.2, 0) is 16.0 Å². The van der Waals surface area contributed by atoms with Crippen LogP contribution in [0.3, 0.4) is 0 Å². The first-order valence-electron chi connectivity index (χ1n) is 7.23. The van der Waals surface area contributed by atoms with Gasteiger partial charge in [-0.1, -0.05) is 13.0 Å². The number of carbonyl (C=O) groups is 2. The van der Waals surface area contributed by atoms with Crippen molar-refractivity contribution in [3.8, 4) is 0 Å². The van der Waals surface area contributed by atoms with Crippen LogP contribution in [0.25, 0.3) is 0 Å². The summed E-state index contributed by atoms with van der Waals surface area (Å²) in [6.07, 6.45) is 1.93. The Morgan fingerprint density at radius 1 is 1.41 bits per heavy atom. The number of amides is 1. The number of nitrogens with one attached hydrogen (secondary N) is 1. The molecule has 6 heteroatoms. The van der Waals surface area contributed by atoms with E-state index in [0.717, 1.165) is 36.2 Å². The Bertz CT molecular complexity index is 548. The second kappa shape index (κ2) is 8.03. The van der Waals surface area contributed by atoms with Crippen molar-refractivity contribution in [2.75, 3.05) is 32.6 Å². The summed E-state index contributed by atoms with van der Waals surface area (Å²) in [6, 6.07) is 5.75. The summed E-state index contributed by atoms with van der Waals surface area (Å²) in [5.41, 5.74) is 2.84. The molecule has 1 N–H and O–H groups in total. The Labute approximate surface area is 137 Å². The van der Waals surface area contributed by atoms with Crippen LogP contribution in [0, 0.1) is 5.92 Å². The van der Waals surface area contributed by atoms with E-state index in [2.05, 4.69) is 5.32 Å². The lowest BCUT2D eigenvalue weighted by atomic mass is 9.96. The van der Waals surface area contributed by atoms with Gasteiger partial charge in [-0.05, 0) is 30.5 Å². The van der Waals surface area contributed by atoms with E-state index in [-0.39, 0.29) is 30.2 Å². The van der Waals surface area contributed by atoms with Crippen molar-refractivity contribution < 1.29 is 14.3 Å². The number of carbonyl (C=O) groups excluding carboxylic acids is 2. The minimum Gasteiger partial charge on any atom is -0.469 e. The summed E-state index contributed by atoms with van der Waals surface area (Å²) in [5.74, 6) is -0.681. The lowest BCUT2D eigenvalue weighted by Crippen LogP contribution is -2.35. The number of hydrogen-bond acceptors (Lipinski definition) is 4. The SMILES string of the molecule is COC(=O)C(C)CN(C)C(=O)c1cccc2c1CCCN2.Cl. The molecule has 1 atom stereocenters. The molecule has 0 radical (unpaired) electrons. The highest BCUT2D eigenvalue weighted by Gasteiger charge is 2.23. The van der Waals surface area contributed by atoms with E-state index in [4.69, 9.17) is 4.74 Å². The first-order chi connectivity index (χ1) is 10.0. The molecule has 1 aliphatic heterocycles. The molecule has 122 valence electrons. The second-order valence-corrected chi connectivity index (χ2v) is 5.47. The molecule has 5 nitrogen and oxygen atoms in total. The average Bonchev–Trinajstić information content (AvgIpc) is 2.52. The molecule has 0 bridgehead atoms. The van der Waals surface area contributed by atoms with Gasteiger partial charge in [-0.15, -0.1) is 12.4 Å². The summed E-state index contributed by atoms with van der Waals surface area (Å²) in [4.78, 5) is 25.7. The van der Waals surface area contributed by atoms with Crippen molar-refractivity contribution >= 4 is 30.0 Å². The number of anilines is 1. The van der Waals surface area contributed by atoms with Crippen LogP contribution in [0.2, 0.25) is 0 Å². The standard InChI is InChI=1S/C16H22N2O3.ClH/c1-11(16(20)21-3)10-18(2)15(19)13-6-4-8-14-12(13)7-5-9-17-14;/h4,6,8,11,17H,5,7,9-10H2,1-3H3;1H. The third-order valence-electron chi connectivity index (χ3n) is 3.82. The molecule has 0 aliphatic carbocycles. The topological polar surface area (TPSA) is 58.6 Å². The highest BCUT2D eigenvalue weighted by molar-refractivity contribution is 5.97. The number of methoxy groups -OCH3 is 1. The van der Waals surface area contributed by atoms with Gasteiger partial charge in [-0.3, -0.25) is 9.59 Å². The molecule has 0 fully saturated rings. The van der Waals surface area contributed by atoms with Crippen molar-refractivity contribution in [2.45, 2.75) is 19.8 Å². The van der Waals surface area contributed by atoms with E-state index in [1.165, 1.54) is 7.11 Å². The highest BCUT2D eigenvalue weighted by Crippen LogP contribution is 2.26. The number of halogens is 1. The fraction of sp³-hybridized carbons (Fsp3) is 0.500. The fourth-order valence-electron chi connectivity index (χ4n) is 2.69. The first kappa shape index (κ1) is 18.3. The molecule has 22 heavy (non-hydrogen) atoms. The van der Waals surface area contributed by atoms with Crippen molar-refractivity contribution in [3.63, 3.8) is 0 Å². The number of nitrogens with zero attached hydrogens (tertiary/aromatic N) is 1. The van der Waals surface area contributed by atoms with Crippen LogP contribution < -0.4 is 5.32 Å². The van der Waals surface area contributed by atoms with E-state index >= 15 is 0 Å². The second-order valence-electron chi connectivity index (χ2n) is 5.47. The fourth-order valence-corrected chi connectivity index (χ4v) is 2.69. The van der Waals surface area contributed by atoms with Crippen LogP contribution in [0.1, 0.15) is 29.3 Å². The Morgan fingerprint density at radius 3 is 2.82 bits per heavy atom. The van der Waals surface area contributed by atoms with Crippen LogP contribution in [0.4, 0.5) is 5.69 Å². The van der Waals surface area contributed by atoms with Crippen LogP contribution in [0.15, 0.2) is 18.2 Å². The summed E-state index contributed by atoms with van der Waals surface area (Å²) in [6.45, 7) is 3.06. The number of benzene rings is 1. The summed E-state index contributed by atoms with van der Waals surface area (Å²) < 4.78 is 4.70. The van der Waals surface area contributed by atoms with Crippen molar-refractivity contribution in [2.24, 2.45) is 5.92 Å². The van der Waals surface area contributed by atoms with Gasteiger partial charge in [0, 0.05) is 31.4 Å². The zero-order chi connectivity index (χ0) is 15.4. The van der Waals surface area contributed by atoms with Crippen molar-refractivity contribution in [3.05, 3.63) is 29.3 Å². The molecule has 0 saturated carbocycles. The van der Waals surface area contributed by atoms with Gasteiger partial charge in [0.2, 0.25) is 0 Å². The van der Waals surface area contributed by atoms with E-state index < -0.39 is 0 Å². The van der Waals surface area contributed by atoms with Gasteiger partial charge < -0.3 is 15.0 Å². The van der Waals surface area contributed by atoms with Crippen LogP contribution >= 0.6 is 12.4 Å². The van der Waals surface area contributed by atoms with Gasteiger partial charge in [-0.25, -0.2) is 0 Å². The molecule has 1 aliphatic rings. The smallest absolute Gasteiger partial charge is 0.310 e. The molecule has 1 unspecified atom stereocenters. The summed E-state index contributed by atoms with van der Waals surface area (Å²) in [7, 11) is 3.08. The molecular formula is C16H23ClN2O3. The lowest BCUT2D eigenvalue weighted by Gasteiger charge is -2.24. The minimum atomic E-state index is -0.332. The number of rotatable bonds is 4. The molecule has 0 saturated heterocycles. The average molecular weight is 327 g/mol. The summed E-state index contributed by atoms with van der Waals surface area (Å²) in [5, 5.41) is 3.32. The highest BCUT2D eigenvalue weighted by atomic mass is 35.5. The number of hydrogen-bond donors (Lipinski definition) is 1. The van der Waals surface area contributed by atoms with Gasteiger partial charge in [0.15, 0.2) is 0 Å². The van der Waals surface area contributed by atoms with Gasteiger partial charge in [0.25, 0.3) is 5.91 Å². The number of ether oxygens (including phenoxy) is 1. The number of fused-ring (bicyclic) bond motifs is 1. The summed E-state index contributed by atoms with van der Waals surface area (Å²) >= 11 is 0. The van der Waals surface area contributed by atoms with E-state index in [0.29, 0.717) is 6.54 Å². The van der Waals surface area contributed by atoms with E-state index in [1.807, 2.05) is 18.2 Å². The van der Waals surface area contributed by atoms with E-state index in [9.17, 15) is 9.59 Å². The predicted molar refractivity (Wildman–Crippen MR) is 88.6 cm³/mol. The molecule has 1 amide bonds. The first-order valence-corrected chi connectivity index (χ1v) is 7.23. The van der Waals surface area contributed by atoms with Gasteiger partial charge >= 0.3 is 5.97 Å². The van der Waals surface area contributed by atoms with Crippen molar-refractivity contribution in [1.29, 1.82) is 0 Å². The molecule has 2 rings (SSSR count). The number of esters is 1. The van der Waals surface area contributed by atoms with Crippen LogP contribution in [0.5, 0.6) is 0 Å². The molecule has 0 aromatic heterocycles. The normalized spacial score (nSPS) is 14.0. The largest absolute Gasteiger partial charge is 0.469 e. The Morgan fingerprint density at radius 2 is 2.14 bits per heavy atom. The zero-order valence-electron chi connectivity index (χ0n) is 13.2. The Kier molecular flexibility index (Phi) is 6.68. The minimum absolute atomic E-state index is 0. The van der Waals surface area contributed by atoms with Crippen LogP contribution in [-0.4, -0.2) is 44.0 Å². The van der Waals surface area contributed by atoms with E-state index in [1.54, 1.807) is 18.9 Å². The van der Waals surface area contributed by atoms with Gasteiger partial charge in [-0.2, -0.15) is 0 Å². The lowest BCUT2D eigenvalue weighted by molar-refractivity contribution is -0.145. The maximum atomic E-state index is 12.6. The molecule has 1 heterocycles. The maximum Gasteiger partial charge on any atom is 0.310 e. The third kappa shape index (κ3) is 3.91. The van der Waals surface area contributed by atoms with Gasteiger partial charge in [0.05, 0.1) is 13.0 Å². The molecule has 0 spiro atoms. The molecule has 1 aromatic rings. The third-order valence-corrected chi connectivity index (χ3v) is 3.82. The Hall–Kier alpha value is -1.75. The quantitative estimate of drug-likeness (QED) is 0.863. The van der Waals surface area contributed by atoms with Gasteiger partial charge in [0.1, 0.15) is 0 Å². The monoisotopic (exact) mass is 326 g/mol. The Balaban J connectivity index is 0.00000242. The van der Waals surface area contributed by atoms with Crippen molar-refractivity contribution in [1.82, 2.24) is 4.90 Å². The maximum absolute atomic E-state index is 12.6. The predicted octanol–water partition coefficient (Wildman–Crippen LogP) is 2.35. The molecule has 1 aromatic carbocycles.